The van der Waals surface area contributed by atoms with E-state index in [4.69, 9.17) is 14.2 Å². The van der Waals surface area contributed by atoms with Gasteiger partial charge in [0.1, 0.15) is 13.2 Å². The van der Waals surface area contributed by atoms with Crippen molar-refractivity contribution in [3.05, 3.63) is 60.8 Å². The second-order valence-electron chi connectivity index (χ2n) is 16.7. The summed E-state index contributed by atoms with van der Waals surface area (Å²) >= 11 is 0. The van der Waals surface area contributed by atoms with Crippen molar-refractivity contribution in [3.63, 3.8) is 0 Å². The van der Waals surface area contributed by atoms with E-state index in [0.29, 0.717) is 19.3 Å². The van der Waals surface area contributed by atoms with E-state index in [-0.39, 0.29) is 31.1 Å². The van der Waals surface area contributed by atoms with Crippen LogP contribution < -0.4 is 0 Å². The van der Waals surface area contributed by atoms with Crippen LogP contribution in [0.1, 0.15) is 245 Å². The SMILES string of the molecule is CCCC/C=C\C/C=C\CCCCCCCC(=O)OC[C@@H](COC(=O)CCCCCCC/C=C\CCCCCCC)OC(=O)CCCCCCC/C=C\C/C=C\CCCC. The Bertz CT molecular complexity index is 1100. The fraction of sp³-hybridized carbons (Fsp3) is 0.759. The molecule has 0 aromatic carbocycles. The van der Waals surface area contributed by atoms with E-state index < -0.39 is 6.10 Å². The highest BCUT2D eigenvalue weighted by atomic mass is 16.6. The number of rotatable bonds is 45. The van der Waals surface area contributed by atoms with E-state index in [9.17, 15) is 14.4 Å². The van der Waals surface area contributed by atoms with Gasteiger partial charge >= 0.3 is 17.9 Å². The topological polar surface area (TPSA) is 78.9 Å². The van der Waals surface area contributed by atoms with Crippen molar-refractivity contribution >= 4 is 17.9 Å². The minimum Gasteiger partial charge on any atom is -0.462 e. The van der Waals surface area contributed by atoms with Gasteiger partial charge in [-0.3, -0.25) is 14.4 Å². The lowest BCUT2D eigenvalue weighted by atomic mass is 10.1. The van der Waals surface area contributed by atoms with Gasteiger partial charge in [-0.15, -0.1) is 0 Å². The molecule has 0 bridgehead atoms. The van der Waals surface area contributed by atoms with Gasteiger partial charge in [-0.25, -0.2) is 0 Å². The zero-order valence-electron chi connectivity index (χ0n) is 39.5. The number of carbonyl (C=O) groups is 3. The normalized spacial score (nSPS) is 12.5. The number of carbonyl (C=O) groups excluding carboxylic acids is 3. The van der Waals surface area contributed by atoms with Gasteiger partial charge in [-0.05, 0) is 96.3 Å². The molecule has 0 heterocycles. The molecular formula is C54H94O6. The third-order valence-electron chi connectivity index (χ3n) is 10.7. The van der Waals surface area contributed by atoms with E-state index >= 15 is 0 Å². The fourth-order valence-electron chi connectivity index (χ4n) is 6.82. The highest BCUT2D eigenvalue weighted by Crippen LogP contribution is 2.13. The molecular weight excluding hydrogens is 745 g/mol. The van der Waals surface area contributed by atoms with E-state index in [2.05, 4.69) is 81.5 Å². The Morgan fingerprint density at radius 3 is 0.983 bits per heavy atom. The summed E-state index contributed by atoms with van der Waals surface area (Å²) in [6, 6.07) is 0. The summed E-state index contributed by atoms with van der Waals surface area (Å²) in [6.45, 7) is 6.52. The summed E-state index contributed by atoms with van der Waals surface area (Å²) < 4.78 is 16.8. The minimum atomic E-state index is -0.789. The van der Waals surface area contributed by atoms with Crippen LogP contribution in [0.4, 0.5) is 0 Å². The predicted octanol–water partition coefficient (Wildman–Crippen LogP) is 16.5. The van der Waals surface area contributed by atoms with E-state index in [1.807, 2.05) is 0 Å². The molecule has 0 amide bonds. The van der Waals surface area contributed by atoms with Crippen molar-refractivity contribution < 1.29 is 28.6 Å². The molecule has 1 atom stereocenters. The van der Waals surface area contributed by atoms with Crippen LogP contribution in [0.25, 0.3) is 0 Å². The maximum Gasteiger partial charge on any atom is 0.306 e. The first-order chi connectivity index (χ1) is 29.5. The second-order valence-corrected chi connectivity index (χ2v) is 16.7. The Labute approximate surface area is 370 Å². The summed E-state index contributed by atoms with van der Waals surface area (Å²) in [7, 11) is 0. The third-order valence-corrected chi connectivity index (χ3v) is 10.7. The highest BCUT2D eigenvalue weighted by molar-refractivity contribution is 5.71. The molecule has 6 nitrogen and oxygen atoms in total. The van der Waals surface area contributed by atoms with Crippen molar-refractivity contribution in [2.45, 2.75) is 252 Å². The molecule has 0 saturated carbocycles. The van der Waals surface area contributed by atoms with Crippen molar-refractivity contribution in [2.24, 2.45) is 0 Å². The monoisotopic (exact) mass is 839 g/mol. The molecule has 0 aromatic heterocycles. The molecule has 6 heteroatoms. The molecule has 0 spiro atoms. The number of hydrogen-bond donors (Lipinski definition) is 0. The Kier molecular flexibility index (Phi) is 46.4. The maximum absolute atomic E-state index is 12.8. The molecule has 346 valence electrons. The van der Waals surface area contributed by atoms with Crippen LogP contribution in [0.15, 0.2) is 60.8 Å². The van der Waals surface area contributed by atoms with Gasteiger partial charge in [0.2, 0.25) is 0 Å². The quantitative estimate of drug-likeness (QED) is 0.0263. The lowest BCUT2D eigenvalue weighted by molar-refractivity contribution is -0.167. The van der Waals surface area contributed by atoms with Gasteiger partial charge in [0.15, 0.2) is 6.10 Å². The van der Waals surface area contributed by atoms with Gasteiger partial charge in [-0.1, -0.05) is 191 Å². The molecule has 0 aliphatic rings. The van der Waals surface area contributed by atoms with Gasteiger partial charge in [-0.2, -0.15) is 0 Å². The largest absolute Gasteiger partial charge is 0.462 e. The van der Waals surface area contributed by atoms with Crippen LogP contribution in [-0.2, 0) is 28.6 Å². The maximum atomic E-state index is 12.8. The molecule has 0 rings (SSSR count). The zero-order chi connectivity index (χ0) is 43.7. The van der Waals surface area contributed by atoms with E-state index in [0.717, 1.165) is 109 Å². The van der Waals surface area contributed by atoms with Crippen molar-refractivity contribution in [3.8, 4) is 0 Å². The second kappa shape index (κ2) is 48.8. The Morgan fingerprint density at radius 2 is 0.617 bits per heavy atom. The molecule has 60 heavy (non-hydrogen) atoms. The van der Waals surface area contributed by atoms with Gasteiger partial charge < -0.3 is 14.2 Å². The van der Waals surface area contributed by atoms with Crippen LogP contribution in [0.2, 0.25) is 0 Å². The van der Waals surface area contributed by atoms with Crippen LogP contribution in [-0.4, -0.2) is 37.2 Å². The first kappa shape index (κ1) is 57.1. The number of allylic oxidation sites excluding steroid dienone is 10. The van der Waals surface area contributed by atoms with Gasteiger partial charge in [0, 0.05) is 19.3 Å². The van der Waals surface area contributed by atoms with Crippen molar-refractivity contribution in [1.29, 1.82) is 0 Å². The van der Waals surface area contributed by atoms with Crippen LogP contribution in [0.5, 0.6) is 0 Å². The third kappa shape index (κ3) is 46.2. The Balaban J connectivity index is 4.44. The Morgan fingerprint density at radius 1 is 0.333 bits per heavy atom. The average Bonchev–Trinajstić information content (AvgIpc) is 3.24. The Hall–Kier alpha value is -2.89. The summed E-state index contributed by atoms with van der Waals surface area (Å²) in [5.74, 6) is -0.923. The fourth-order valence-corrected chi connectivity index (χ4v) is 6.82. The summed E-state index contributed by atoms with van der Waals surface area (Å²) in [5.41, 5.74) is 0. The molecule has 0 aromatic rings. The predicted molar refractivity (Wildman–Crippen MR) is 256 cm³/mol. The van der Waals surface area contributed by atoms with Crippen LogP contribution in [0.3, 0.4) is 0 Å². The summed E-state index contributed by atoms with van der Waals surface area (Å²) in [6.07, 6.45) is 59.1. The van der Waals surface area contributed by atoms with Crippen molar-refractivity contribution in [1.82, 2.24) is 0 Å². The molecule has 0 aliphatic heterocycles. The van der Waals surface area contributed by atoms with E-state index in [1.54, 1.807) is 0 Å². The van der Waals surface area contributed by atoms with Crippen molar-refractivity contribution in [2.75, 3.05) is 13.2 Å². The van der Waals surface area contributed by atoms with Gasteiger partial charge in [0.25, 0.3) is 0 Å². The van der Waals surface area contributed by atoms with E-state index in [1.165, 1.54) is 96.3 Å². The summed E-state index contributed by atoms with van der Waals surface area (Å²) in [4.78, 5) is 37.9. The average molecular weight is 839 g/mol. The molecule has 0 saturated heterocycles. The number of ether oxygens (including phenoxy) is 3. The molecule has 0 radical (unpaired) electrons. The highest BCUT2D eigenvalue weighted by Gasteiger charge is 2.19. The number of esters is 3. The first-order valence-electron chi connectivity index (χ1n) is 25.3. The van der Waals surface area contributed by atoms with Crippen LogP contribution in [0, 0.1) is 0 Å². The standard InChI is InChI=1S/C54H94O6/c1-4-7-10-13-16-19-22-25-28-31-34-37-40-43-46-52(55)58-49-51(60-54(57)48-45-42-39-36-33-30-27-24-21-18-15-12-9-6-3)50-59-53(56)47-44-41-38-35-32-29-26-23-20-17-14-11-8-5-2/h13,15-16,18,22-27,51H,4-12,14,17,19-21,28-50H2,1-3H3/b16-13-,18-15-,25-22-,26-23-,27-24-/t51-/m0/s1. The van der Waals surface area contributed by atoms with Gasteiger partial charge in [0.05, 0.1) is 0 Å². The lowest BCUT2D eigenvalue weighted by Gasteiger charge is -2.18. The molecule has 0 aliphatic carbocycles. The van der Waals surface area contributed by atoms with Crippen LogP contribution >= 0.6 is 0 Å². The lowest BCUT2D eigenvalue weighted by Crippen LogP contribution is -2.30. The number of hydrogen-bond acceptors (Lipinski definition) is 6. The molecule has 0 unspecified atom stereocenters. The first-order valence-corrected chi connectivity index (χ1v) is 25.3. The molecule has 0 fully saturated rings. The smallest absolute Gasteiger partial charge is 0.306 e. The zero-order valence-corrected chi connectivity index (χ0v) is 39.5. The number of unbranched alkanes of at least 4 members (excludes halogenated alkanes) is 24. The minimum absolute atomic E-state index is 0.0889. The summed E-state index contributed by atoms with van der Waals surface area (Å²) in [5, 5.41) is 0. The molecule has 0 N–H and O–H groups in total.